The Hall–Kier alpha value is -1.63. The van der Waals surface area contributed by atoms with Crippen LogP contribution in [0.4, 0.5) is 4.79 Å². The molecule has 0 aromatic heterocycles. The maximum atomic E-state index is 12.2. The molecule has 2 N–H and O–H groups in total. The van der Waals surface area contributed by atoms with E-state index in [2.05, 4.69) is 0 Å². The van der Waals surface area contributed by atoms with E-state index in [-0.39, 0.29) is 6.54 Å². The number of hydrogen-bond donors (Lipinski definition) is 1. The van der Waals surface area contributed by atoms with Crippen LogP contribution in [0.2, 0.25) is 0 Å². The number of carbonyl (C=O) groups is 3. The van der Waals surface area contributed by atoms with Crippen molar-refractivity contribution in [3.8, 4) is 0 Å². The van der Waals surface area contributed by atoms with Crippen molar-refractivity contribution in [2.24, 2.45) is 5.84 Å². The summed E-state index contributed by atoms with van der Waals surface area (Å²) in [6, 6.07) is -0.622. The molecular weight excluding hydrogens is 262 g/mol. The molecule has 20 heavy (non-hydrogen) atoms. The van der Waals surface area contributed by atoms with Gasteiger partial charge in [0.15, 0.2) is 0 Å². The number of esters is 1. The van der Waals surface area contributed by atoms with Crippen LogP contribution in [0.5, 0.6) is 0 Å². The predicted octanol–water partition coefficient (Wildman–Crippen LogP) is 0.779. The molecule has 1 aliphatic heterocycles. The Morgan fingerprint density at radius 2 is 1.85 bits per heavy atom. The van der Waals surface area contributed by atoms with Crippen molar-refractivity contribution in [1.82, 2.24) is 9.91 Å². The zero-order valence-electron chi connectivity index (χ0n) is 12.1. The fourth-order valence-electron chi connectivity index (χ4n) is 2.91. The molecule has 0 bridgehead atoms. The Morgan fingerprint density at radius 3 is 2.35 bits per heavy atom. The van der Waals surface area contributed by atoms with Crippen LogP contribution in [-0.2, 0) is 14.3 Å². The molecule has 7 nitrogen and oxygen atoms in total. The molecule has 1 saturated heterocycles. The van der Waals surface area contributed by atoms with Gasteiger partial charge in [-0.25, -0.2) is 10.6 Å². The molecule has 3 amide bonds. The van der Waals surface area contributed by atoms with E-state index in [1.165, 1.54) is 4.90 Å². The van der Waals surface area contributed by atoms with Crippen molar-refractivity contribution in [3.63, 3.8) is 0 Å². The average molecular weight is 283 g/mol. The zero-order chi connectivity index (χ0) is 15.1. The lowest BCUT2D eigenvalue weighted by Crippen LogP contribution is -2.50. The lowest BCUT2D eigenvalue weighted by atomic mass is 9.96. The minimum absolute atomic E-state index is 0.241. The van der Waals surface area contributed by atoms with Crippen molar-refractivity contribution >= 4 is 17.9 Å². The summed E-state index contributed by atoms with van der Waals surface area (Å²) < 4.78 is 5.22. The predicted molar refractivity (Wildman–Crippen MR) is 70.2 cm³/mol. The summed E-state index contributed by atoms with van der Waals surface area (Å²) in [4.78, 5) is 37.5. The molecule has 2 rings (SSSR count). The van der Waals surface area contributed by atoms with Crippen molar-refractivity contribution < 1.29 is 19.1 Å². The second-order valence-corrected chi connectivity index (χ2v) is 6.37. The summed E-state index contributed by atoms with van der Waals surface area (Å²) >= 11 is 0. The first-order valence-corrected chi connectivity index (χ1v) is 6.80. The van der Waals surface area contributed by atoms with Crippen LogP contribution >= 0.6 is 0 Å². The van der Waals surface area contributed by atoms with E-state index in [9.17, 15) is 14.4 Å². The third kappa shape index (κ3) is 2.37. The number of carbonyl (C=O) groups excluding carboxylic acids is 3. The van der Waals surface area contributed by atoms with Gasteiger partial charge in [0.05, 0.1) is 0 Å². The number of imide groups is 1. The summed E-state index contributed by atoms with van der Waals surface area (Å²) in [7, 11) is 0. The van der Waals surface area contributed by atoms with Gasteiger partial charge >= 0.3 is 12.0 Å². The fourth-order valence-corrected chi connectivity index (χ4v) is 2.91. The number of nitrogens with zero attached hydrogens (tertiary/aromatic N) is 2. The number of hydrazine groups is 1. The zero-order valence-corrected chi connectivity index (χ0v) is 12.1. The molecule has 1 heterocycles. The summed E-state index contributed by atoms with van der Waals surface area (Å²) in [5.74, 6) is 4.57. The highest BCUT2D eigenvalue weighted by atomic mass is 16.6. The van der Waals surface area contributed by atoms with Gasteiger partial charge in [0.1, 0.15) is 17.7 Å². The largest absolute Gasteiger partial charge is 0.459 e. The van der Waals surface area contributed by atoms with Crippen LogP contribution in [0, 0.1) is 0 Å². The number of urea groups is 1. The van der Waals surface area contributed by atoms with E-state index in [1.807, 2.05) is 0 Å². The first-order chi connectivity index (χ1) is 9.17. The van der Waals surface area contributed by atoms with Gasteiger partial charge in [-0.05, 0) is 33.6 Å². The summed E-state index contributed by atoms with van der Waals surface area (Å²) in [6.45, 7) is 5.02. The average Bonchev–Trinajstić information content (AvgIpc) is 2.86. The Morgan fingerprint density at radius 1 is 1.30 bits per heavy atom. The lowest BCUT2D eigenvalue weighted by Gasteiger charge is -2.31. The topological polar surface area (TPSA) is 92.9 Å². The Bertz CT molecular complexity index is 449. The number of rotatable bonds is 2. The highest BCUT2D eigenvalue weighted by Crippen LogP contribution is 2.40. The smallest absolute Gasteiger partial charge is 0.342 e. The second kappa shape index (κ2) is 4.73. The van der Waals surface area contributed by atoms with Gasteiger partial charge in [-0.1, -0.05) is 12.8 Å². The fraction of sp³-hybridized carbons (Fsp3) is 0.769. The molecule has 2 fully saturated rings. The number of ether oxygens (including phenoxy) is 1. The van der Waals surface area contributed by atoms with Gasteiger partial charge in [0.25, 0.3) is 5.91 Å². The quantitative estimate of drug-likeness (QED) is 0.350. The number of nitrogens with two attached hydrogens (primary N) is 1. The monoisotopic (exact) mass is 283 g/mol. The lowest BCUT2D eigenvalue weighted by molar-refractivity contribution is -0.156. The molecule has 0 radical (unpaired) electrons. The van der Waals surface area contributed by atoms with Crippen LogP contribution in [0.3, 0.4) is 0 Å². The molecule has 1 spiro atoms. The first-order valence-electron chi connectivity index (χ1n) is 6.80. The SMILES string of the molecule is CC(C)(C)OC(=O)CN1C(=O)N(N)C(=O)C12CCCC2. The van der Waals surface area contributed by atoms with Crippen LogP contribution in [-0.4, -0.2) is 45.5 Å². The molecule has 112 valence electrons. The Balaban J connectivity index is 2.18. The van der Waals surface area contributed by atoms with Gasteiger partial charge < -0.3 is 4.74 Å². The second-order valence-electron chi connectivity index (χ2n) is 6.37. The van der Waals surface area contributed by atoms with E-state index in [0.29, 0.717) is 17.9 Å². The molecule has 7 heteroatoms. The van der Waals surface area contributed by atoms with Crippen LogP contribution in [0.15, 0.2) is 0 Å². The highest BCUT2D eigenvalue weighted by molar-refractivity contribution is 6.07. The van der Waals surface area contributed by atoms with E-state index < -0.39 is 29.0 Å². The van der Waals surface area contributed by atoms with Crippen molar-refractivity contribution in [1.29, 1.82) is 0 Å². The van der Waals surface area contributed by atoms with Gasteiger partial charge in [-0.2, -0.15) is 5.01 Å². The van der Waals surface area contributed by atoms with Crippen LogP contribution in [0.1, 0.15) is 46.5 Å². The van der Waals surface area contributed by atoms with Gasteiger partial charge in [0.2, 0.25) is 0 Å². The number of amides is 3. The van der Waals surface area contributed by atoms with Gasteiger partial charge in [0, 0.05) is 0 Å². The van der Waals surface area contributed by atoms with E-state index in [1.54, 1.807) is 20.8 Å². The Labute approximate surface area is 118 Å². The molecule has 0 aromatic carbocycles. The molecule has 0 atom stereocenters. The van der Waals surface area contributed by atoms with Crippen molar-refractivity contribution in [3.05, 3.63) is 0 Å². The first kappa shape index (κ1) is 14.8. The molecule has 0 aromatic rings. The standard InChI is InChI=1S/C13H21N3O4/c1-12(2,3)20-9(17)8-15-11(19)16(14)10(18)13(15)6-4-5-7-13/h4-8,14H2,1-3H3. The minimum Gasteiger partial charge on any atom is -0.459 e. The minimum atomic E-state index is -0.942. The maximum Gasteiger partial charge on any atom is 0.342 e. The normalized spacial score (nSPS) is 22.0. The highest BCUT2D eigenvalue weighted by Gasteiger charge is 2.58. The summed E-state index contributed by atoms with van der Waals surface area (Å²) in [5, 5.41) is 0.621. The van der Waals surface area contributed by atoms with Crippen LogP contribution < -0.4 is 5.84 Å². The Kier molecular flexibility index (Phi) is 3.49. The van der Waals surface area contributed by atoms with E-state index in [0.717, 1.165) is 12.8 Å². The molecule has 2 aliphatic rings. The third-order valence-electron chi connectivity index (χ3n) is 3.71. The third-order valence-corrected chi connectivity index (χ3v) is 3.71. The maximum absolute atomic E-state index is 12.2. The molecule has 1 aliphatic carbocycles. The number of hydrogen-bond acceptors (Lipinski definition) is 5. The van der Waals surface area contributed by atoms with Crippen molar-refractivity contribution in [2.45, 2.75) is 57.6 Å². The van der Waals surface area contributed by atoms with Gasteiger partial charge in [-0.15, -0.1) is 0 Å². The van der Waals surface area contributed by atoms with E-state index >= 15 is 0 Å². The molecule has 1 saturated carbocycles. The molecular formula is C13H21N3O4. The summed E-state index contributed by atoms with van der Waals surface area (Å²) in [5.41, 5.74) is -1.57. The summed E-state index contributed by atoms with van der Waals surface area (Å²) in [6.07, 6.45) is 2.79. The van der Waals surface area contributed by atoms with Gasteiger partial charge in [-0.3, -0.25) is 14.5 Å². The molecule has 0 unspecified atom stereocenters. The van der Waals surface area contributed by atoms with E-state index in [4.69, 9.17) is 10.6 Å². The van der Waals surface area contributed by atoms with Crippen LogP contribution in [0.25, 0.3) is 0 Å². The van der Waals surface area contributed by atoms with Crippen molar-refractivity contribution in [2.75, 3.05) is 6.54 Å².